The average molecular weight is 363 g/mol. The highest BCUT2D eigenvalue weighted by atomic mass is 32.1. The molecule has 136 valence electrons. The number of thiol groups is 1. The third-order valence-corrected chi connectivity index (χ3v) is 4.22. The van der Waals surface area contributed by atoms with Crippen molar-refractivity contribution in [1.29, 1.82) is 0 Å². The summed E-state index contributed by atoms with van der Waals surface area (Å²) < 4.78 is 14.7. The Morgan fingerprint density at radius 2 is 1.76 bits per heavy atom. The second-order valence-corrected chi connectivity index (χ2v) is 6.98. The summed E-state index contributed by atoms with van der Waals surface area (Å²) in [6.07, 6.45) is 2.22. The summed E-state index contributed by atoms with van der Waals surface area (Å²) >= 11 is 4.29. The van der Waals surface area contributed by atoms with Crippen molar-refractivity contribution in [2.24, 2.45) is 0 Å². The molecular weight excluding hydrogens is 335 g/mol. The molecule has 1 fully saturated rings. The number of hydrogen-bond donors (Lipinski definition) is 2. The maximum Gasteiger partial charge on any atom is 0.235 e. The zero-order valence-electron chi connectivity index (χ0n) is 15.4. The minimum Gasteiger partial charge on any atom is -0.317 e. The summed E-state index contributed by atoms with van der Waals surface area (Å²) in [4.78, 5) is 9.21. The first kappa shape index (κ1) is 19.7. The van der Waals surface area contributed by atoms with Gasteiger partial charge in [0.25, 0.3) is 0 Å². The Morgan fingerprint density at radius 1 is 1.20 bits per heavy atom. The molecule has 2 heterocycles. The Bertz CT molecular complexity index is 679. The topological polar surface area (TPSA) is 41.1 Å². The second kappa shape index (κ2) is 9.15. The van der Waals surface area contributed by atoms with Crippen LogP contribution in [-0.2, 0) is 6.42 Å². The fraction of sp³-hybridized carbons (Fsp3) is 0.474. The van der Waals surface area contributed by atoms with Crippen LogP contribution in [0.15, 0.2) is 24.3 Å². The third kappa shape index (κ3) is 5.16. The molecule has 0 unspecified atom stereocenters. The van der Waals surface area contributed by atoms with Crippen molar-refractivity contribution in [2.75, 3.05) is 24.4 Å². The lowest BCUT2D eigenvalue weighted by atomic mass is 9.97. The normalized spacial score (nSPS) is 13.1. The fourth-order valence-corrected chi connectivity index (χ4v) is 2.57. The van der Waals surface area contributed by atoms with E-state index in [4.69, 9.17) is 0 Å². The van der Waals surface area contributed by atoms with Gasteiger partial charge >= 0.3 is 0 Å². The van der Waals surface area contributed by atoms with Crippen molar-refractivity contribution < 1.29 is 4.39 Å². The Morgan fingerprint density at radius 3 is 2.16 bits per heavy atom. The Balaban J connectivity index is 0.000000493. The summed E-state index contributed by atoms with van der Waals surface area (Å²) in [7, 11) is 1.79. The molecule has 2 aromatic rings. The van der Waals surface area contributed by atoms with Gasteiger partial charge in [-0.3, -0.25) is 4.31 Å². The molecule has 1 aromatic carbocycles. The van der Waals surface area contributed by atoms with Gasteiger partial charge < -0.3 is 5.32 Å². The molecule has 6 heteroatoms. The smallest absolute Gasteiger partial charge is 0.235 e. The molecule has 0 radical (unpaired) electrons. The zero-order valence-corrected chi connectivity index (χ0v) is 16.3. The molecule has 0 spiro atoms. The van der Waals surface area contributed by atoms with E-state index in [9.17, 15) is 4.39 Å². The van der Waals surface area contributed by atoms with E-state index in [2.05, 4.69) is 48.9 Å². The molecule has 0 aliphatic carbocycles. The molecule has 25 heavy (non-hydrogen) atoms. The molecule has 3 rings (SSSR count). The van der Waals surface area contributed by atoms with Gasteiger partial charge in [0.15, 0.2) is 0 Å². The van der Waals surface area contributed by atoms with Crippen LogP contribution in [-0.4, -0.2) is 30.1 Å². The van der Waals surface area contributed by atoms with Crippen molar-refractivity contribution in [3.05, 3.63) is 41.3 Å². The van der Waals surface area contributed by atoms with E-state index in [1.807, 2.05) is 0 Å². The molecule has 0 atom stereocenters. The van der Waals surface area contributed by atoms with Crippen LogP contribution < -0.4 is 9.62 Å². The molecule has 1 N–H and O–H groups in total. The first-order valence-electron chi connectivity index (χ1n) is 8.74. The van der Waals surface area contributed by atoms with Crippen LogP contribution in [0.2, 0.25) is 0 Å². The van der Waals surface area contributed by atoms with Gasteiger partial charge in [0, 0.05) is 18.2 Å². The molecule has 0 saturated carbocycles. The van der Waals surface area contributed by atoms with Gasteiger partial charge in [-0.2, -0.15) is 0 Å². The van der Waals surface area contributed by atoms with Gasteiger partial charge in [0.2, 0.25) is 5.95 Å². The van der Waals surface area contributed by atoms with Crippen molar-refractivity contribution >= 4 is 18.8 Å². The highest BCUT2D eigenvalue weighted by Gasteiger charge is 2.17. The first-order valence-corrected chi connectivity index (χ1v) is 9.14. The molecule has 0 amide bonds. The summed E-state index contributed by atoms with van der Waals surface area (Å²) in [5, 5.41) is 3.11. The van der Waals surface area contributed by atoms with Gasteiger partial charge in [-0.15, -0.1) is 0 Å². The van der Waals surface area contributed by atoms with Crippen molar-refractivity contribution in [1.82, 2.24) is 15.3 Å². The number of nitrogens with one attached hydrogen (secondary N) is 1. The maximum absolute atomic E-state index is 13.1. The lowest BCUT2D eigenvalue weighted by Gasteiger charge is -2.19. The van der Waals surface area contributed by atoms with Crippen molar-refractivity contribution in [3.63, 3.8) is 0 Å². The summed E-state index contributed by atoms with van der Waals surface area (Å²) in [5.41, 5.74) is 3.87. The van der Waals surface area contributed by atoms with Gasteiger partial charge in [-0.25, -0.2) is 14.4 Å². The van der Waals surface area contributed by atoms with Gasteiger partial charge in [-0.05, 0) is 56.1 Å². The third-order valence-electron chi connectivity index (χ3n) is 4.04. The number of anilines is 1. The number of halogens is 1. The Hall–Kier alpha value is -1.66. The second-order valence-electron chi connectivity index (χ2n) is 6.38. The van der Waals surface area contributed by atoms with E-state index in [-0.39, 0.29) is 11.7 Å². The molecule has 1 saturated heterocycles. The number of aromatic nitrogens is 2. The standard InChI is InChI=1S/C16H20FN3S.C3H7N/c1-5-13-14(10(2)3)18-16(20(4)21)19-15(13)11-6-8-12(17)9-7-11;1-2-4-3-1/h6-10,21H,5H2,1-4H3;4H,1-3H2. The van der Waals surface area contributed by atoms with Crippen LogP contribution >= 0.6 is 12.8 Å². The van der Waals surface area contributed by atoms with E-state index >= 15 is 0 Å². The number of rotatable bonds is 4. The highest BCUT2D eigenvalue weighted by Crippen LogP contribution is 2.30. The van der Waals surface area contributed by atoms with Crippen LogP contribution in [0.25, 0.3) is 11.3 Å². The Kier molecular flexibility index (Phi) is 7.20. The van der Waals surface area contributed by atoms with E-state index in [1.54, 1.807) is 23.5 Å². The molecule has 1 aromatic heterocycles. The minimum absolute atomic E-state index is 0.249. The SMILES string of the molecule is C1CNC1.CCc1c(-c2ccc(F)cc2)nc(N(C)S)nc1C(C)C. The predicted octanol–water partition coefficient (Wildman–Crippen LogP) is 4.23. The van der Waals surface area contributed by atoms with Crippen LogP contribution in [0, 0.1) is 5.82 Å². The average Bonchev–Trinajstić information content (AvgIpc) is 2.52. The van der Waals surface area contributed by atoms with Gasteiger partial charge in [-0.1, -0.05) is 33.6 Å². The first-order chi connectivity index (χ1) is 11.9. The van der Waals surface area contributed by atoms with Crippen LogP contribution in [0.4, 0.5) is 10.3 Å². The monoisotopic (exact) mass is 362 g/mol. The molecule has 1 aliphatic heterocycles. The van der Waals surface area contributed by atoms with Gasteiger partial charge in [0.05, 0.1) is 11.4 Å². The van der Waals surface area contributed by atoms with E-state index in [0.717, 1.165) is 28.9 Å². The lowest BCUT2D eigenvalue weighted by molar-refractivity contribution is 0.527. The predicted molar refractivity (Wildman–Crippen MR) is 106 cm³/mol. The molecule has 4 nitrogen and oxygen atoms in total. The number of benzene rings is 1. The van der Waals surface area contributed by atoms with E-state index in [0.29, 0.717) is 5.95 Å². The van der Waals surface area contributed by atoms with Crippen LogP contribution in [0.3, 0.4) is 0 Å². The summed E-state index contributed by atoms with van der Waals surface area (Å²) in [6, 6.07) is 6.42. The fourth-order valence-electron chi connectivity index (χ4n) is 2.48. The maximum atomic E-state index is 13.1. The molecule has 1 aliphatic rings. The van der Waals surface area contributed by atoms with Crippen LogP contribution in [0.1, 0.15) is 44.4 Å². The van der Waals surface area contributed by atoms with Crippen molar-refractivity contribution in [2.45, 2.75) is 39.5 Å². The van der Waals surface area contributed by atoms with E-state index < -0.39 is 0 Å². The summed E-state index contributed by atoms with van der Waals surface area (Å²) in [5.74, 6) is 0.592. The summed E-state index contributed by atoms with van der Waals surface area (Å²) in [6.45, 7) is 8.80. The molecule has 0 bridgehead atoms. The number of hydrogen-bond acceptors (Lipinski definition) is 5. The minimum atomic E-state index is -0.249. The highest BCUT2D eigenvalue weighted by molar-refractivity contribution is 7.81. The molecular formula is C19H27FN4S. The van der Waals surface area contributed by atoms with E-state index in [1.165, 1.54) is 31.6 Å². The van der Waals surface area contributed by atoms with Crippen LogP contribution in [0.5, 0.6) is 0 Å². The van der Waals surface area contributed by atoms with Crippen molar-refractivity contribution in [3.8, 4) is 11.3 Å². The quantitative estimate of drug-likeness (QED) is 0.799. The zero-order chi connectivity index (χ0) is 18.4. The Labute approximate surface area is 155 Å². The lowest BCUT2D eigenvalue weighted by Crippen LogP contribution is -2.29. The van der Waals surface area contributed by atoms with Gasteiger partial charge in [0.1, 0.15) is 5.82 Å². The largest absolute Gasteiger partial charge is 0.317 e. The number of nitrogens with zero attached hydrogens (tertiary/aromatic N) is 3.